The average Bonchev–Trinajstić information content (AvgIpc) is 3.19. The molecule has 0 atom stereocenters. The van der Waals surface area contributed by atoms with Crippen molar-refractivity contribution in [2.24, 2.45) is 11.7 Å². The third-order valence-electron chi connectivity index (χ3n) is 4.90. The molecule has 0 radical (unpaired) electrons. The van der Waals surface area contributed by atoms with Crippen LogP contribution in [0, 0.1) is 12.8 Å². The molecule has 1 aromatic heterocycles. The molecular formula is C24H26N4O3. The number of Topliss-reactive ketones (excluding diaryl/α,β-unsaturated/α-hetero) is 1. The number of aryl methyl sites for hydroxylation is 1. The van der Waals surface area contributed by atoms with Gasteiger partial charge in [-0.2, -0.15) is 0 Å². The van der Waals surface area contributed by atoms with Crippen LogP contribution in [0.4, 0.5) is 5.69 Å². The zero-order valence-electron chi connectivity index (χ0n) is 17.8. The molecule has 31 heavy (non-hydrogen) atoms. The maximum absolute atomic E-state index is 13.0. The summed E-state index contributed by atoms with van der Waals surface area (Å²) in [6.45, 7) is 6.27. The zero-order chi connectivity index (χ0) is 22.5. The largest absolute Gasteiger partial charge is 0.404 e. The number of hydrogen-bond acceptors (Lipinski definition) is 4. The molecule has 160 valence electrons. The van der Waals surface area contributed by atoms with Gasteiger partial charge in [-0.15, -0.1) is 0 Å². The molecule has 0 bridgehead atoms. The van der Waals surface area contributed by atoms with Crippen LogP contribution < -0.4 is 16.4 Å². The second-order valence-corrected chi connectivity index (χ2v) is 7.75. The predicted molar refractivity (Wildman–Crippen MR) is 122 cm³/mol. The Morgan fingerprint density at radius 2 is 1.84 bits per heavy atom. The first-order valence-corrected chi connectivity index (χ1v) is 10.0. The highest BCUT2D eigenvalue weighted by molar-refractivity contribution is 6.29. The molecular weight excluding hydrogens is 392 g/mol. The number of nitrogens with one attached hydrogen (secondary N) is 3. The van der Waals surface area contributed by atoms with Gasteiger partial charge in [-0.1, -0.05) is 38.1 Å². The van der Waals surface area contributed by atoms with Gasteiger partial charge < -0.3 is 21.4 Å². The Bertz CT molecular complexity index is 1170. The highest BCUT2D eigenvalue weighted by Gasteiger charge is 2.23. The molecule has 0 unspecified atom stereocenters. The molecule has 3 aromatic rings. The van der Waals surface area contributed by atoms with Gasteiger partial charge in [0.25, 0.3) is 11.8 Å². The number of H-pyrrole nitrogens is 1. The second-order valence-electron chi connectivity index (χ2n) is 7.75. The van der Waals surface area contributed by atoms with Gasteiger partial charge in [-0.25, -0.2) is 0 Å². The molecule has 3 rings (SSSR count). The highest BCUT2D eigenvalue weighted by atomic mass is 16.2. The normalized spacial score (nSPS) is 11.5. The van der Waals surface area contributed by atoms with Crippen molar-refractivity contribution in [2.75, 3.05) is 11.9 Å². The number of fused-ring (bicyclic) bond motifs is 1. The van der Waals surface area contributed by atoms with Crippen molar-refractivity contribution >= 4 is 34.2 Å². The van der Waals surface area contributed by atoms with E-state index in [9.17, 15) is 14.4 Å². The van der Waals surface area contributed by atoms with Crippen LogP contribution >= 0.6 is 0 Å². The summed E-state index contributed by atoms with van der Waals surface area (Å²) in [6.07, 6.45) is 2.74. The molecule has 0 fully saturated rings. The van der Waals surface area contributed by atoms with E-state index in [1.165, 1.54) is 0 Å². The van der Waals surface area contributed by atoms with Crippen molar-refractivity contribution < 1.29 is 14.4 Å². The minimum absolute atomic E-state index is 0.200. The standard InChI is InChI=1S/C24H26N4O3/c1-14(2)13-27-23(30)18-10-16-8-9-26-20(16)11-21(18)28-24(31)19(12-25)22(29)17-7-5-4-6-15(17)3/h4-12,14,26H,13,25H2,1-3H3,(H,27,30)(H,28,31)/b19-12+. The quantitative estimate of drug-likeness (QED) is 0.203. The fourth-order valence-electron chi connectivity index (χ4n) is 3.20. The van der Waals surface area contributed by atoms with Gasteiger partial charge in [0.2, 0.25) is 0 Å². The molecule has 0 saturated carbocycles. The summed E-state index contributed by atoms with van der Waals surface area (Å²) < 4.78 is 0. The Morgan fingerprint density at radius 1 is 1.10 bits per heavy atom. The third-order valence-corrected chi connectivity index (χ3v) is 4.90. The Balaban J connectivity index is 1.93. The van der Waals surface area contributed by atoms with E-state index in [1.54, 1.807) is 43.5 Å². The number of amides is 2. The first-order chi connectivity index (χ1) is 14.8. The van der Waals surface area contributed by atoms with Crippen molar-refractivity contribution in [3.63, 3.8) is 0 Å². The van der Waals surface area contributed by atoms with E-state index in [0.29, 0.717) is 17.7 Å². The Hall–Kier alpha value is -3.87. The summed E-state index contributed by atoms with van der Waals surface area (Å²) in [5, 5.41) is 6.39. The van der Waals surface area contributed by atoms with Crippen LogP contribution in [0.3, 0.4) is 0 Å². The number of carbonyl (C=O) groups is 3. The number of carbonyl (C=O) groups excluding carboxylic acids is 3. The van der Waals surface area contributed by atoms with Crippen LogP contribution in [-0.4, -0.2) is 29.1 Å². The van der Waals surface area contributed by atoms with E-state index in [0.717, 1.165) is 22.7 Å². The van der Waals surface area contributed by atoms with Crippen molar-refractivity contribution in [1.29, 1.82) is 0 Å². The minimum Gasteiger partial charge on any atom is -0.404 e. The molecule has 0 aliphatic rings. The Labute approximate surface area is 180 Å². The van der Waals surface area contributed by atoms with E-state index in [1.807, 2.05) is 26.0 Å². The molecule has 5 N–H and O–H groups in total. The lowest BCUT2D eigenvalue weighted by Crippen LogP contribution is -2.29. The Kier molecular flexibility index (Phi) is 6.55. The number of benzene rings is 2. The van der Waals surface area contributed by atoms with Crippen molar-refractivity contribution in [1.82, 2.24) is 10.3 Å². The predicted octanol–water partition coefficient (Wildman–Crippen LogP) is 3.53. The summed E-state index contributed by atoms with van der Waals surface area (Å²) in [6, 6.07) is 12.2. The minimum atomic E-state index is -0.681. The van der Waals surface area contributed by atoms with Crippen LogP contribution in [-0.2, 0) is 4.79 Å². The summed E-state index contributed by atoms with van der Waals surface area (Å²) in [7, 11) is 0. The van der Waals surface area contributed by atoms with Crippen LogP contribution in [0.25, 0.3) is 10.9 Å². The van der Waals surface area contributed by atoms with Crippen LogP contribution in [0.15, 0.2) is 60.4 Å². The summed E-state index contributed by atoms with van der Waals surface area (Å²) in [4.78, 5) is 41.7. The molecule has 7 heteroatoms. The SMILES string of the molecule is Cc1ccccc1C(=O)/C(=C\N)C(=O)Nc1cc2[nH]ccc2cc1C(=O)NCC(C)C. The van der Waals surface area contributed by atoms with E-state index in [-0.39, 0.29) is 23.1 Å². The molecule has 0 saturated heterocycles. The smallest absolute Gasteiger partial charge is 0.261 e. The zero-order valence-corrected chi connectivity index (χ0v) is 17.8. The van der Waals surface area contributed by atoms with E-state index >= 15 is 0 Å². The van der Waals surface area contributed by atoms with Crippen LogP contribution in [0.5, 0.6) is 0 Å². The third kappa shape index (κ3) is 4.83. The molecule has 0 aliphatic heterocycles. The number of aromatic amines is 1. The first kappa shape index (κ1) is 21.8. The number of anilines is 1. The maximum atomic E-state index is 13.0. The van der Waals surface area contributed by atoms with E-state index < -0.39 is 11.7 Å². The summed E-state index contributed by atoms with van der Waals surface area (Å²) in [5.41, 5.74) is 7.92. The van der Waals surface area contributed by atoms with Gasteiger partial charge in [-0.05, 0) is 36.6 Å². The van der Waals surface area contributed by atoms with E-state index in [2.05, 4.69) is 15.6 Å². The second kappa shape index (κ2) is 9.30. The fraction of sp³-hybridized carbons (Fsp3) is 0.208. The highest BCUT2D eigenvalue weighted by Crippen LogP contribution is 2.25. The van der Waals surface area contributed by atoms with Gasteiger partial charge in [0, 0.05) is 35.4 Å². The number of nitrogens with two attached hydrogens (primary N) is 1. The fourth-order valence-corrected chi connectivity index (χ4v) is 3.20. The number of ketones is 1. The summed E-state index contributed by atoms with van der Waals surface area (Å²) in [5.74, 6) is -1.20. The molecule has 7 nitrogen and oxygen atoms in total. The van der Waals surface area contributed by atoms with Crippen LogP contribution in [0.1, 0.15) is 40.1 Å². The van der Waals surface area contributed by atoms with Gasteiger partial charge in [-0.3, -0.25) is 14.4 Å². The Morgan fingerprint density at radius 3 is 2.52 bits per heavy atom. The average molecular weight is 418 g/mol. The molecule has 2 amide bonds. The molecule has 0 aliphatic carbocycles. The number of aromatic nitrogens is 1. The monoisotopic (exact) mass is 418 g/mol. The van der Waals surface area contributed by atoms with Gasteiger partial charge in [0.1, 0.15) is 5.57 Å². The van der Waals surface area contributed by atoms with E-state index in [4.69, 9.17) is 5.73 Å². The maximum Gasteiger partial charge on any atom is 0.261 e. The van der Waals surface area contributed by atoms with Crippen molar-refractivity contribution in [3.05, 3.63) is 77.1 Å². The topological polar surface area (TPSA) is 117 Å². The molecule has 1 heterocycles. The lowest BCUT2D eigenvalue weighted by molar-refractivity contribution is -0.112. The lowest BCUT2D eigenvalue weighted by Gasteiger charge is -2.14. The van der Waals surface area contributed by atoms with Gasteiger partial charge in [0.05, 0.1) is 11.3 Å². The van der Waals surface area contributed by atoms with Crippen molar-refractivity contribution in [2.45, 2.75) is 20.8 Å². The van der Waals surface area contributed by atoms with Crippen LogP contribution in [0.2, 0.25) is 0 Å². The van der Waals surface area contributed by atoms with Crippen molar-refractivity contribution in [3.8, 4) is 0 Å². The number of rotatable bonds is 7. The summed E-state index contributed by atoms with van der Waals surface area (Å²) >= 11 is 0. The van der Waals surface area contributed by atoms with Gasteiger partial charge in [0.15, 0.2) is 5.78 Å². The first-order valence-electron chi connectivity index (χ1n) is 10.0. The molecule has 2 aromatic carbocycles. The lowest BCUT2D eigenvalue weighted by atomic mass is 9.99. The van der Waals surface area contributed by atoms with Gasteiger partial charge >= 0.3 is 0 Å². The number of hydrogen-bond donors (Lipinski definition) is 4. The molecule has 0 spiro atoms.